The van der Waals surface area contributed by atoms with Gasteiger partial charge in [-0.1, -0.05) is 12.2 Å². The van der Waals surface area contributed by atoms with Crippen molar-refractivity contribution >= 4 is 37.5 Å². The van der Waals surface area contributed by atoms with Crippen molar-refractivity contribution in [3.8, 4) is 5.75 Å². The Labute approximate surface area is 191 Å². The monoisotopic (exact) mass is 508 g/mol. The predicted molar refractivity (Wildman–Crippen MR) is 125 cm³/mol. The van der Waals surface area contributed by atoms with Crippen LogP contribution in [0.15, 0.2) is 77.1 Å². The summed E-state index contributed by atoms with van der Waals surface area (Å²) in [5, 5.41) is 2.75. The molecule has 0 saturated carbocycles. The minimum absolute atomic E-state index is 0.120. The lowest BCUT2D eigenvalue weighted by Crippen LogP contribution is -2.31. The zero-order valence-electron chi connectivity index (χ0n) is 17.2. The van der Waals surface area contributed by atoms with Gasteiger partial charge in [0.15, 0.2) is 0 Å². The molecule has 0 fully saturated rings. The van der Waals surface area contributed by atoms with Gasteiger partial charge in [-0.05, 0) is 58.4 Å². The number of hydrogen-bond acceptors (Lipinski definition) is 5. The van der Waals surface area contributed by atoms with Crippen molar-refractivity contribution in [2.75, 3.05) is 38.7 Å². The summed E-state index contributed by atoms with van der Waals surface area (Å²) < 4.78 is 37.9. The van der Waals surface area contributed by atoms with E-state index in [2.05, 4.69) is 34.4 Å². The molecule has 1 N–H and O–H groups in total. The lowest BCUT2D eigenvalue weighted by Gasteiger charge is -2.19. The summed E-state index contributed by atoms with van der Waals surface area (Å²) >= 11 is 3.39. The van der Waals surface area contributed by atoms with E-state index in [1.54, 1.807) is 37.4 Å². The Bertz CT molecular complexity index is 1010. The quantitative estimate of drug-likeness (QED) is 0.344. The van der Waals surface area contributed by atoms with Crippen molar-refractivity contribution in [1.82, 2.24) is 4.31 Å². The second kappa shape index (κ2) is 11.8. The Morgan fingerprint density at radius 3 is 2.29 bits per heavy atom. The van der Waals surface area contributed by atoms with Crippen LogP contribution in [-0.4, -0.2) is 52.0 Å². The van der Waals surface area contributed by atoms with E-state index in [9.17, 15) is 13.2 Å². The van der Waals surface area contributed by atoms with Crippen LogP contribution in [0.25, 0.3) is 0 Å². The summed E-state index contributed by atoms with van der Waals surface area (Å²) in [5.74, 6) is 0.270. The van der Waals surface area contributed by atoms with Crippen LogP contribution in [0.1, 0.15) is 10.4 Å². The van der Waals surface area contributed by atoms with Crippen LogP contribution in [-0.2, 0) is 14.8 Å². The van der Waals surface area contributed by atoms with Gasteiger partial charge in [0.2, 0.25) is 10.0 Å². The number of amides is 1. The topological polar surface area (TPSA) is 84.9 Å². The minimum Gasteiger partial charge on any atom is -0.490 e. The molecule has 31 heavy (non-hydrogen) atoms. The molecule has 9 heteroatoms. The van der Waals surface area contributed by atoms with Crippen LogP contribution >= 0.6 is 15.9 Å². The van der Waals surface area contributed by atoms with E-state index in [0.29, 0.717) is 34.7 Å². The fourth-order valence-electron chi connectivity index (χ4n) is 2.62. The summed E-state index contributed by atoms with van der Waals surface area (Å²) in [6.07, 6.45) is 3.03. The number of carbonyl (C=O) groups excluding carboxylic acids is 1. The normalized spacial score (nSPS) is 11.2. The molecule has 0 saturated heterocycles. The number of benzene rings is 2. The van der Waals surface area contributed by atoms with Gasteiger partial charge < -0.3 is 14.8 Å². The van der Waals surface area contributed by atoms with Gasteiger partial charge in [-0.3, -0.25) is 4.79 Å². The van der Waals surface area contributed by atoms with E-state index < -0.39 is 10.0 Å². The predicted octanol–water partition coefficient (Wildman–Crippen LogP) is 4.09. The van der Waals surface area contributed by atoms with E-state index in [1.807, 2.05) is 0 Å². The molecule has 0 aliphatic carbocycles. The smallest absolute Gasteiger partial charge is 0.255 e. The second-order valence-electron chi connectivity index (χ2n) is 6.36. The van der Waals surface area contributed by atoms with E-state index >= 15 is 0 Å². The van der Waals surface area contributed by atoms with Gasteiger partial charge in [0, 0.05) is 31.5 Å². The number of anilines is 1. The number of ether oxygens (including phenoxy) is 2. The number of sulfonamides is 1. The van der Waals surface area contributed by atoms with Crippen LogP contribution in [0.3, 0.4) is 0 Å². The SMILES string of the molecule is C=CCN(CC=C)S(=O)(=O)c1ccc(NC(=O)c2ccc(OCCOC)c(Br)c2)cc1. The summed E-state index contributed by atoms with van der Waals surface area (Å²) in [5.41, 5.74) is 0.894. The average Bonchev–Trinajstić information content (AvgIpc) is 2.75. The molecule has 0 unspecified atom stereocenters. The summed E-state index contributed by atoms with van der Waals surface area (Å²) in [4.78, 5) is 12.7. The van der Waals surface area contributed by atoms with Crippen LogP contribution in [0, 0.1) is 0 Å². The number of methoxy groups -OCH3 is 1. The van der Waals surface area contributed by atoms with Gasteiger partial charge in [0.25, 0.3) is 5.91 Å². The van der Waals surface area contributed by atoms with Gasteiger partial charge in [0.1, 0.15) is 12.4 Å². The molecule has 0 aromatic heterocycles. The first-order valence-corrected chi connectivity index (χ1v) is 11.6. The molecule has 7 nitrogen and oxygen atoms in total. The molecule has 2 rings (SSSR count). The van der Waals surface area contributed by atoms with Crippen molar-refractivity contribution in [3.63, 3.8) is 0 Å². The Hall–Kier alpha value is -2.46. The Morgan fingerprint density at radius 1 is 1.10 bits per heavy atom. The number of hydrogen-bond donors (Lipinski definition) is 1. The van der Waals surface area contributed by atoms with E-state index in [0.717, 1.165) is 0 Å². The first-order chi connectivity index (χ1) is 14.8. The largest absolute Gasteiger partial charge is 0.490 e. The molecule has 166 valence electrons. The first-order valence-electron chi connectivity index (χ1n) is 9.38. The Morgan fingerprint density at radius 2 is 1.74 bits per heavy atom. The van der Waals surface area contributed by atoms with Crippen molar-refractivity contribution in [2.24, 2.45) is 0 Å². The standard InChI is InChI=1S/C22H25BrN2O5S/c1-4-12-25(13-5-2)31(27,28)19-9-7-18(8-10-19)24-22(26)17-6-11-21(20(23)16-17)30-15-14-29-3/h4-11,16H,1-2,12-15H2,3H3,(H,24,26). The lowest BCUT2D eigenvalue weighted by atomic mass is 10.2. The summed E-state index contributed by atoms with van der Waals surface area (Å²) in [6, 6.07) is 11.0. The average molecular weight is 509 g/mol. The molecule has 0 spiro atoms. The van der Waals surface area contributed by atoms with Crippen molar-refractivity contribution in [2.45, 2.75) is 4.90 Å². The van der Waals surface area contributed by atoms with Crippen LogP contribution in [0.5, 0.6) is 5.75 Å². The van der Waals surface area contributed by atoms with Gasteiger partial charge in [-0.2, -0.15) is 4.31 Å². The first kappa shape index (κ1) is 24.8. The Kier molecular flexibility index (Phi) is 9.44. The zero-order chi connectivity index (χ0) is 22.9. The van der Waals surface area contributed by atoms with Crippen molar-refractivity contribution < 1.29 is 22.7 Å². The number of halogens is 1. The zero-order valence-corrected chi connectivity index (χ0v) is 19.6. The molecular formula is C22H25BrN2O5S. The summed E-state index contributed by atoms with van der Waals surface area (Å²) in [6.45, 7) is 8.38. The molecule has 0 aliphatic rings. The van der Waals surface area contributed by atoms with Crippen molar-refractivity contribution in [1.29, 1.82) is 0 Å². The molecule has 0 aliphatic heterocycles. The third-order valence-electron chi connectivity index (χ3n) is 4.15. The number of nitrogens with one attached hydrogen (secondary N) is 1. The van der Waals surface area contributed by atoms with Crippen molar-refractivity contribution in [3.05, 3.63) is 77.8 Å². The highest BCUT2D eigenvalue weighted by Gasteiger charge is 2.22. The molecular weight excluding hydrogens is 484 g/mol. The summed E-state index contributed by atoms with van der Waals surface area (Å²) in [7, 11) is -2.10. The maximum absolute atomic E-state index is 12.7. The molecule has 0 atom stereocenters. The van der Waals surface area contributed by atoms with E-state index in [1.165, 1.54) is 28.6 Å². The van der Waals surface area contributed by atoms with Crippen LogP contribution in [0.2, 0.25) is 0 Å². The second-order valence-corrected chi connectivity index (χ2v) is 9.16. The van der Waals surface area contributed by atoms with E-state index in [-0.39, 0.29) is 23.9 Å². The van der Waals surface area contributed by atoms with Crippen LogP contribution in [0.4, 0.5) is 5.69 Å². The van der Waals surface area contributed by atoms with Gasteiger partial charge in [-0.15, -0.1) is 13.2 Å². The highest BCUT2D eigenvalue weighted by molar-refractivity contribution is 9.10. The van der Waals surface area contributed by atoms with Gasteiger partial charge in [-0.25, -0.2) is 8.42 Å². The molecule has 2 aromatic rings. The number of carbonyl (C=O) groups is 1. The third-order valence-corrected chi connectivity index (χ3v) is 6.62. The van der Waals surface area contributed by atoms with Gasteiger partial charge in [0.05, 0.1) is 16.0 Å². The highest BCUT2D eigenvalue weighted by Crippen LogP contribution is 2.26. The maximum Gasteiger partial charge on any atom is 0.255 e. The van der Waals surface area contributed by atoms with Gasteiger partial charge >= 0.3 is 0 Å². The molecule has 0 heterocycles. The fraction of sp³-hybridized carbons (Fsp3) is 0.227. The highest BCUT2D eigenvalue weighted by atomic mass is 79.9. The molecule has 0 bridgehead atoms. The molecule has 0 radical (unpaired) electrons. The minimum atomic E-state index is -3.69. The lowest BCUT2D eigenvalue weighted by molar-refractivity contribution is 0.102. The third kappa shape index (κ3) is 6.76. The maximum atomic E-state index is 12.7. The Balaban J connectivity index is 2.10. The molecule has 2 aromatic carbocycles. The molecule has 1 amide bonds. The number of rotatable bonds is 12. The van der Waals surface area contributed by atoms with E-state index in [4.69, 9.17) is 9.47 Å². The fourth-order valence-corrected chi connectivity index (χ4v) is 4.49. The number of nitrogens with zero attached hydrogens (tertiary/aromatic N) is 1. The van der Waals surface area contributed by atoms with Crippen LogP contribution < -0.4 is 10.1 Å².